The summed E-state index contributed by atoms with van der Waals surface area (Å²) in [6, 6.07) is 12.9. The first kappa shape index (κ1) is 20.8. The number of benzene rings is 2. The van der Waals surface area contributed by atoms with Crippen molar-refractivity contribution in [2.75, 3.05) is 12.0 Å². The van der Waals surface area contributed by atoms with Crippen LogP contribution >= 0.6 is 11.6 Å². The van der Waals surface area contributed by atoms with Gasteiger partial charge in [0, 0.05) is 5.69 Å². The monoisotopic (exact) mass is 437 g/mol. The summed E-state index contributed by atoms with van der Waals surface area (Å²) in [5, 5.41) is 11.5. The third-order valence-corrected chi connectivity index (χ3v) is 5.46. The molecule has 6 nitrogen and oxygen atoms in total. The number of halogens is 1. The molecule has 3 aromatic rings. The van der Waals surface area contributed by atoms with Gasteiger partial charge in [0.25, 0.3) is 11.7 Å². The summed E-state index contributed by atoms with van der Waals surface area (Å²) in [4.78, 5) is 27.6. The van der Waals surface area contributed by atoms with E-state index in [0.29, 0.717) is 11.4 Å². The number of aliphatic hydroxyl groups excluding tert-OH is 1. The molecule has 2 heterocycles. The Hall–Kier alpha value is -3.51. The second-order valence-electron chi connectivity index (χ2n) is 7.35. The van der Waals surface area contributed by atoms with Crippen molar-refractivity contribution in [3.05, 3.63) is 87.8 Å². The summed E-state index contributed by atoms with van der Waals surface area (Å²) < 4.78 is 10.9. The molecule has 1 saturated heterocycles. The molecule has 1 aliphatic rings. The van der Waals surface area contributed by atoms with Crippen LogP contribution in [0, 0.1) is 13.8 Å². The van der Waals surface area contributed by atoms with Crippen LogP contribution in [0.1, 0.15) is 28.5 Å². The van der Waals surface area contributed by atoms with E-state index in [9.17, 15) is 14.7 Å². The van der Waals surface area contributed by atoms with Crippen molar-refractivity contribution in [1.82, 2.24) is 0 Å². The van der Waals surface area contributed by atoms with E-state index in [2.05, 4.69) is 0 Å². The number of Topliss-reactive ketones (excluding diaryl/α,β-unsaturated/α-hetero) is 1. The molecule has 1 unspecified atom stereocenters. The quantitative estimate of drug-likeness (QED) is 0.345. The van der Waals surface area contributed by atoms with Crippen LogP contribution in [0.5, 0.6) is 5.75 Å². The Morgan fingerprint density at radius 3 is 2.52 bits per heavy atom. The van der Waals surface area contributed by atoms with Crippen molar-refractivity contribution in [2.45, 2.75) is 19.9 Å². The molecule has 4 rings (SSSR count). The SMILES string of the molecule is COc1c(Cl)cc(C)cc1/C(O)=C1/C(=O)C(=O)N(c2cccc(C)c2)C1c1ccco1. The Morgan fingerprint density at radius 1 is 1.10 bits per heavy atom. The number of hydrogen-bond donors (Lipinski definition) is 1. The second kappa shape index (κ2) is 7.96. The Morgan fingerprint density at radius 2 is 1.87 bits per heavy atom. The summed E-state index contributed by atoms with van der Waals surface area (Å²) in [6.07, 6.45) is 1.45. The lowest BCUT2D eigenvalue weighted by atomic mass is 9.97. The van der Waals surface area contributed by atoms with Gasteiger partial charge in [0.05, 0.1) is 29.5 Å². The van der Waals surface area contributed by atoms with Crippen LogP contribution in [-0.4, -0.2) is 23.9 Å². The van der Waals surface area contributed by atoms with Crippen LogP contribution in [0.2, 0.25) is 5.02 Å². The maximum Gasteiger partial charge on any atom is 0.300 e. The summed E-state index contributed by atoms with van der Waals surface area (Å²) in [5.74, 6) is -1.40. The van der Waals surface area contributed by atoms with Gasteiger partial charge in [0.1, 0.15) is 23.3 Å². The van der Waals surface area contributed by atoms with Crippen LogP contribution < -0.4 is 9.64 Å². The number of nitrogens with zero attached hydrogens (tertiary/aromatic N) is 1. The predicted molar refractivity (Wildman–Crippen MR) is 117 cm³/mol. The molecule has 0 radical (unpaired) electrons. The van der Waals surface area contributed by atoms with Crippen LogP contribution in [-0.2, 0) is 9.59 Å². The highest BCUT2D eigenvalue weighted by atomic mass is 35.5. The first-order valence-corrected chi connectivity index (χ1v) is 9.97. The van der Waals surface area contributed by atoms with Crippen LogP contribution in [0.4, 0.5) is 5.69 Å². The molecule has 7 heteroatoms. The molecule has 0 bridgehead atoms. The molecule has 2 aromatic carbocycles. The molecule has 1 N–H and O–H groups in total. The third-order valence-electron chi connectivity index (χ3n) is 5.18. The summed E-state index contributed by atoms with van der Waals surface area (Å²) in [7, 11) is 1.42. The van der Waals surface area contributed by atoms with Crippen molar-refractivity contribution >= 4 is 34.7 Å². The van der Waals surface area contributed by atoms with E-state index < -0.39 is 17.7 Å². The summed E-state index contributed by atoms with van der Waals surface area (Å²) in [6.45, 7) is 3.69. The lowest BCUT2D eigenvalue weighted by Crippen LogP contribution is -2.29. The maximum absolute atomic E-state index is 13.1. The highest BCUT2D eigenvalue weighted by molar-refractivity contribution is 6.51. The molecule has 0 spiro atoms. The molecule has 1 amide bonds. The number of amides is 1. The van der Waals surface area contributed by atoms with Crippen molar-refractivity contribution < 1.29 is 23.8 Å². The van der Waals surface area contributed by atoms with E-state index in [1.165, 1.54) is 18.3 Å². The number of ketones is 1. The number of rotatable bonds is 4. The van der Waals surface area contributed by atoms with Crippen molar-refractivity contribution in [2.24, 2.45) is 0 Å². The first-order chi connectivity index (χ1) is 14.8. The number of carbonyl (C=O) groups excluding carboxylic acids is 2. The lowest BCUT2D eigenvalue weighted by Gasteiger charge is -2.24. The van der Waals surface area contributed by atoms with Crippen LogP contribution in [0.3, 0.4) is 0 Å². The summed E-state index contributed by atoms with van der Waals surface area (Å²) >= 11 is 6.29. The molecule has 1 aliphatic heterocycles. The third kappa shape index (κ3) is 3.49. The van der Waals surface area contributed by atoms with Gasteiger partial charge in [-0.25, -0.2) is 0 Å². The average molecular weight is 438 g/mol. The number of aryl methyl sites for hydroxylation is 2. The molecule has 31 heavy (non-hydrogen) atoms. The fourth-order valence-corrected chi connectivity index (χ4v) is 4.20. The molecule has 0 aliphatic carbocycles. The molecule has 1 aromatic heterocycles. The minimum atomic E-state index is -0.944. The van der Waals surface area contributed by atoms with Crippen molar-refractivity contribution in [3.63, 3.8) is 0 Å². The average Bonchev–Trinajstić information content (AvgIpc) is 3.34. The van der Waals surface area contributed by atoms with E-state index in [1.54, 1.807) is 49.4 Å². The van der Waals surface area contributed by atoms with Crippen LogP contribution in [0.15, 0.2) is 64.8 Å². The Kier molecular flexibility index (Phi) is 5.33. The first-order valence-electron chi connectivity index (χ1n) is 9.59. The number of ether oxygens (including phenoxy) is 1. The zero-order chi connectivity index (χ0) is 22.3. The number of carbonyl (C=O) groups is 2. The largest absolute Gasteiger partial charge is 0.507 e. The van der Waals surface area contributed by atoms with E-state index in [1.807, 2.05) is 13.0 Å². The van der Waals surface area contributed by atoms with Crippen molar-refractivity contribution in [3.8, 4) is 5.75 Å². The number of anilines is 1. The molecular formula is C24H20ClNO5. The minimum absolute atomic E-state index is 0.0959. The highest BCUT2D eigenvalue weighted by Crippen LogP contribution is 2.44. The van der Waals surface area contributed by atoms with Gasteiger partial charge in [-0.15, -0.1) is 0 Å². The Bertz CT molecular complexity index is 1210. The van der Waals surface area contributed by atoms with Gasteiger partial charge < -0.3 is 14.3 Å². The molecule has 0 saturated carbocycles. The van der Waals surface area contributed by atoms with Gasteiger partial charge in [-0.2, -0.15) is 0 Å². The van der Waals surface area contributed by atoms with Crippen molar-refractivity contribution in [1.29, 1.82) is 0 Å². The van der Waals surface area contributed by atoms with Gasteiger partial charge in [-0.1, -0.05) is 23.7 Å². The van der Waals surface area contributed by atoms with E-state index in [-0.39, 0.29) is 27.7 Å². The maximum atomic E-state index is 13.1. The zero-order valence-corrected chi connectivity index (χ0v) is 17.9. The van der Waals surface area contributed by atoms with Gasteiger partial charge in [0.2, 0.25) is 0 Å². The van der Waals surface area contributed by atoms with Gasteiger partial charge in [0.15, 0.2) is 0 Å². The van der Waals surface area contributed by atoms with Gasteiger partial charge >= 0.3 is 0 Å². The number of aliphatic hydroxyl groups is 1. The van der Waals surface area contributed by atoms with E-state index in [0.717, 1.165) is 11.1 Å². The minimum Gasteiger partial charge on any atom is -0.507 e. The lowest BCUT2D eigenvalue weighted by molar-refractivity contribution is -0.132. The highest BCUT2D eigenvalue weighted by Gasteiger charge is 2.48. The smallest absolute Gasteiger partial charge is 0.300 e. The predicted octanol–water partition coefficient (Wildman–Crippen LogP) is 5.18. The molecular weight excluding hydrogens is 418 g/mol. The number of methoxy groups -OCH3 is 1. The topological polar surface area (TPSA) is 80.0 Å². The Balaban J connectivity index is 1.99. The summed E-state index contributed by atoms with van der Waals surface area (Å²) in [5.41, 5.74) is 2.34. The van der Waals surface area contributed by atoms with Gasteiger partial charge in [-0.3, -0.25) is 14.5 Å². The van der Waals surface area contributed by atoms with E-state index >= 15 is 0 Å². The normalized spacial score (nSPS) is 17.9. The molecule has 1 fully saturated rings. The van der Waals surface area contributed by atoms with Gasteiger partial charge in [-0.05, 0) is 61.4 Å². The number of hydrogen-bond acceptors (Lipinski definition) is 5. The zero-order valence-electron chi connectivity index (χ0n) is 17.2. The molecule has 1 atom stereocenters. The van der Waals surface area contributed by atoms with Crippen LogP contribution in [0.25, 0.3) is 5.76 Å². The van der Waals surface area contributed by atoms with E-state index in [4.69, 9.17) is 20.8 Å². The second-order valence-corrected chi connectivity index (χ2v) is 7.76. The standard InChI is InChI=1S/C24H20ClNO5/c1-13-6-4-7-15(10-13)26-20(18-8-5-9-31-18)19(22(28)24(26)29)21(27)16-11-14(2)12-17(25)23(16)30-3/h4-12,20,27H,1-3H3/b21-19-. The fraction of sp³-hybridized carbons (Fsp3) is 0.167. The fourth-order valence-electron chi connectivity index (χ4n) is 3.85. The molecule has 158 valence electrons. The Labute approximate surface area is 184 Å². The number of furan rings is 1.